The van der Waals surface area contributed by atoms with Crippen molar-refractivity contribution < 1.29 is 13.2 Å². The lowest BCUT2D eigenvalue weighted by Crippen LogP contribution is -2.36. The van der Waals surface area contributed by atoms with E-state index in [1.54, 1.807) is 0 Å². The van der Waals surface area contributed by atoms with E-state index in [9.17, 15) is 8.42 Å². The third-order valence-electron chi connectivity index (χ3n) is 3.55. The Morgan fingerprint density at radius 1 is 1.37 bits per heavy atom. The number of hydrogen-bond acceptors (Lipinski definition) is 4. The van der Waals surface area contributed by atoms with Gasteiger partial charge in [0.1, 0.15) is 0 Å². The average Bonchev–Trinajstić information content (AvgIpc) is 2.95. The van der Waals surface area contributed by atoms with E-state index in [-0.39, 0.29) is 12.5 Å². The van der Waals surface area contributed by atoms with Crippen LogP contribution < -0.4 is 5.73 Å². The third kappa shape index (κ3) is 2.86. The van der Waals surface area contributed by atoms with Gasteiger partial charge in [0.05, 0.1) is 17.4 Å². The predicted octanol–water partition coefficient (Wildman–Crippen LogP) is 1.69. The van der Waals surface area contributed by atoms with Crippen LogP contribution in [0.1, 0.15) is 18.4 Å². The molecule has 1 aromatic carbocycles. The first-order valence-corrected chi connectivity index (χ1v) is 8.86. The zero-order valence-electron chi connectivity index (χ0n) is 11.0. The Morgan fingerprint density at radius 2 is 1.95 bits per heavy atom. The molecule has 4 nitrogen and oxygen atoms in total. The average molecular weight is 348 g/mol. The van der Waals surface area contributed by atoms with E-state index in [2.05, 4.69) is 15.9 Å². The quantitative estimate of drug-likeness (QED) is 0.879. The highest BCUT2D eigenvalue weighted by Crippen LogP contribution is 2.54. The first kappa shape index (κ1) is 15.0. The largest absolute Gasteiger partial charge is 0.380 e. The molecule has 2 N–H and O–H groups in total. The molecule has 1 aromatic rings. The number of sulfone groups is 1. The molecule has 1 saturated carbocycles. The van der Waals surface area contributed by atoms with Gasteiger partial charge in [-0.1, -0.05) is 28.1 Å². The van der Waals surface area contributed by atoms with E-state index >= 15 is 0 Å². The van der Waals surface area contributed by atoms with Gasteiger partial charge in [-0.3, -0.25) is 0 Å². The molecule has 0 unspecified atom stereocenters. The fraction of sp³-hybridized carbons (Fsp3) is 0.538. The highest BCUT2D eigenvalue weighted by molar-refractivity contribution is 9.10. The molecule has 0 aliphatic heterocycles. The fourth-order valence-corrected chi connectivity index (χ4v) is 4.78. The first-order valence-electron chi connectivity index (χ1n) is 6.11. The second kappa shape index (κ2) is 5.16. The zero-order valence-corrected chi connectivity index (χ0v) is 13.4. The summed E-state index contributed by atoms with van der Waals surface area (Å²) >= 11 is 3.37. The Labute approximate surface area is 122 Å². The fourth-order valence-electron chi connectivity index (χ4n) is 2.67. The Hall–Kier alpha value is -0.430. The van der Waals surface area contributed by atoms with Gasteiger partial charge in [0.2, 0.25) is 0 Å². The minimum absolute atomic E-state index is 0.192. The van der Waals surface area contributed by atoms with Crippen LogP contribution in [-0.2, 0) is 14.6 Å². The number of ether oxygens (including phenoxy) is 1. The van der Waals surface area contributed by atoms with Crippen LogP contribution >= 0.6 is 15.9 Å². The van der Waals surface area contributed by atoms with Gasteiger partial charge < -0.3 is 10.5 Å². The van der Waals surface area contributed by atoms with Gasteiger partial charge in [-0.15, -0.1) is 0 Å². The zero-order chi connectivity index (χ0) is 14.3. The lowest BCUT2D eigenvalue weighted by atomic mass is 10.1. The van der Waals surface area contributed by atoms with Crippen LogP contribution in [0.4, 0.5) is 0 Å². The van der Waals surface area contributed by atoms with Gasteiger partial charge in [0, 0.05) is 23.3 Å². The van der Waals surface area contributed by atoms with Crippen molar-refractivity contribution in [3.8, 4) is 0 Å². The third-order valence-corrected chi connectivity index (χ3v) is 5.71. The van der Waals surface area contributed by atoms with E-state index in [1.165, 1.54) is 6.26 Å². The van der Waals surface area contributed by atoms with Crippen molar-refractivity contribution in [3.63, 3.8) is 0 Å². The maximum Gasteiger partial charge on any atom is 0.152 e. The topological polar surface area (TPSA) is 69.4 Å². The standard InChI is InChI=1S/C13H18BrNO3S/c1-3-18-8-13(15)11(12(13)19(2,16)17)9-4-6-10(14)7-5-9/h4-7,11-12H,3,8,15H2,1-2H3/t11-,12-,13+/m1/s1. The van der Waals surface area contributed by atoms with Crippen LogP contribution in [0.5, 0.6) is 0 Å². The molecule has 6 heteroatoms. The molecule has 0 radical (unpaired) electrons. The second-order valence-corrected chi connectivity index (χ2v) is 8.11. The molecule has 1 aliphatic carbocycles. The Kier molecular flexibility index (Phi) is 4.07. The number of halogens is 1. The minimum Gasteiger partial charge on any atom is -0.380 e. The molecule has 0 amide bonds. The van der Waals surface area contributed by atoms with Gasteiger partial charge in [-0.05, 0) is 24.6 Å². The van der Waals surface area contributed by atoms with Gasteiger partial charge >= 0.3 is 0 Å². The maximum atomic E-state index is 11.9. The van der Waals surface area contributed by atoms with Crippen molar-refractivity contribution in [2.75, 3.05) is 19.5 Å². The SMILES string of the molecule is CCOC[C@]1(N)[C@H](c2ccc(Br)cc2)[C@H]1S(C)(=O)=O. The van der Waals surface area contributed by atoms with Crippen LogP contribution in [0.3, 0.4) is 0 Å². The highest BCUT2D eigenvalue weighted by Gasteiger charge is 2.67. The molecule has 2 rings (SSSR count). The first-order chi connectivity index (χ1) is 8.80. The Balaban J connectivity index is 2.30. The summed E-state index contributed by atoms with van der Waals surface area (Å²) in [5.74, 6) is -0.192. The number of nitrogens with two attached hydrogens (primary N) is 1. The summed E-state index contributed by atoms with van der Waals surface area (Å²) in [6, 6.07) is 7.61. The molecule has 0 aromatic heterocycles. The van der Waals surface area contributed by atoms with Crippen molar-refractivity contribution in [3.05, 3.63) is 34.3 Å². The smallest absolute Gasteiger partial charge is 0.152 e. The van der Waals surface area contributed by atoms with Gasteiger partial charge in [0.25, 0.3) is 0 Å². The molecule has 0 spiro atoms. The summed E-state index contributed by atoms with van der Waals surface area (Å²) in [5.41, 5.74) is 6.40. The Morgan fingerprint density at radius 3 is 2.42 bits per heavy atom. The predicted molar refractivity (Wildman–Crippen MR) is 78.9 cm³/mol. The Bertz CT molecular complexity index is 558. The number of hydrogen-bond donors (Lipinski definition) is 1. The second-order valence-electron chi connectivity index (χ2n) is 5.03. The van der Waals surface area contributed by atoms with Crippen LogP contribution in [0.15, 0.2) is 28.7 Å². The van der Waals surface area contributed by atoms with Crippen molar-refractivity contribution in [2.45, 2.75) is 23.6 Å². The van der Waals surface area contributed by atoms with E-state index in [0.29, 0.717) is 6.61 Å². The van der Waals surface area contributed by atoms with E-state index < -0.39 is 20.6 Å². The molecule has 106 valence electrons. The number of benzene rings is 1. The van der Waals surface area contributed by atoms with Crippen molar-refractivity contribution in [1.29, 1.82) is 0 Å². The summed E-state index contributed by atoms with van der Waals surface area (Å²) in [4.78, 5) is 0. The maximum absolute atomic E-state index is 11.9. The summed E-state index contributed by atoms with van der Waals surface area (Å²) in [6.07, 6.45) is 1.24. The molecule has 0 saturated heterocycles. The summed E-state index contributed by atoms with van der Waals surface area (Å²) < 4.78 is 30.1. The molecule has 0 heterocycles. The van der Waals surface area contributed by atoms with Gasteiger partial charge in [-0.2, -0.15) is 0 Å². The highest BCUT2D eigenvalue weighted by atomic mass is 79.9. The minimum atomic E-state index is -3.19. The van der Waals surface area contributed by atoms with Crippen LogP contribution in [-0.4, -0.2) is 38.7 Å². The lowest BCUT2D eigenvalue weighted by Gasteiger charge is -2.11. The van der Waals surface area contributed by atoms with Crippen LogP contribution in [0, 0.1) is 0 Å². The van der Waals surface area contributed by atoms with E-state index in [4.69, 9.17) is 10.5 Å². The molecular weight excluding hydrogens is 330 g/mol. The van der Waals surface area contributed by atoms with E-state index in [0.717, 1.165) is 10.0 Å². The van der Waals surface area contributed by atoms with Crippen LogP contribution in [0.25, 0.3) is 0 Å². The van der Waals surface area contributed by atoms with Gasteiger partial charge in [-0.25, -0.2) is 8.42 Å². The summed E-state index contributed by atoms with van der Waals surface area (Å²) in [5, 5.41) is -0.562. The van der Waals surface area contributed by atoms with Crippen molar-refractivity contribution >= 4 is 25.8 Å². The summed E-state index contributed by atoms with van der Waals surface area (Å²) in [7, 11) is -3.19. The normalized spacial score (nSPS) is 30.3. The monoisotopic (exact) mass is 347 g/mol. The van der Waals surface area contributed by atoms with Crippen molar-refractivity contribution in [1.82, 2.24) is 0 Å². The van der Waals surface area contributed by atoms with Crippen molar-refractivity contribution in [2.24, 2.45) is 5.73 Å². The van der Waals surface area contributed by atoms with Crippen LogP contribution in [0.2, 0.25) is 0 Å². The number of rotatable bonds is 5. The molecular formula is C13H18BrNO3S. The van der Waals surface area contributed by atoms with E-state index in [1.807, 2.05) is 31.2 Å². The lowest BCUT2D eigenvalue weighted by molar-refractivity contribution is 0.125. The molecule has 0 bridgehead atoms. The molecule has 1 fully saturated rings. The van der Waals surface area contributed by atoms with Gasteiger partial charge in [0.15, 0.2) is 9.84 Å². The summed E-state index contributed by atoms with van der Waals surface area (Å²) in [6.45, 7) is 2.67. The molecule has 1 aliphatic rings. The molecule has 3 atom stereocenters. The molecule has 19 heavy (non-hydrogen) atoms.